The molecule has 104 valence electrons. The normalized spacial score (nSPS) is 10.4. The summed E-state index contributed by atoms with van der Waals surface area (Å²) >= 11 is 2.83. The van der Waals surface area contributed by atoms with E-state index in [9.17, 15) is 22.4 Å². The van der Waals surface area contributed by atoms with Crippen LogP contribution in [0.25, 0.3) is 0 Å². The maximum Gasteiger partial charge on any atom is 0.258 e. The lowest BCUT2D eigenvalue weighted by Gasteiger charge is -2.08. The molecule has 0 unspecified atom stereocenters. The number of amides is 1. The molecule has 0 saturated heterocycles. The van der Waals surface area contributed by atoms with Crippen LogP contribution in [0.15, 0.2) is 34.8 Å². The number of hydrogen-bond donors (Lipinski definition) is 1. The molecule has 0 fully saturated rings. The molecule has 2 nitrogen and oxygen atoms in total. The number of carbonyl (C=O) groups excluding carboxylic acids is 1. The molecule has 2 rings (SSSR count). The predicted molar refractivity (Wildman–Crippen MR) is 68.4 cm³/mol. The molecule has 0 spiro atoms. The number of nitrogens with one attached hydrogen (secondary N) is 1. The summed E-state index contributed by atoms with van der Waals surface area (Å²) in [7, 11) is 0. The molecule has 0 radical (unpaired) electrons. The van der Waals surface area contributed by atoms with E-state index in [1.807, 2.05) is 5.32 Å². The molecule has 7 heteroatoms. The first kappa shape index (κ1) is 14.5. The molecule has 0 saturated carbocycles. The first-order chi connectivity index (χ1) is 9.40. The van der Waals surface area contributed by atoms with Gasteiger partial charge in [0.15, 0.2) is 11.6 Å². The van der Waals surface area contributed by atoms with Gasteiger partial charge in [-0.1, -0.05) is 6.07 Å². The molecule has 1 N–H and O–H groups in total. The number of halogens is 5. The van der Waals surface area contributed by atoms with E-state index >= 15 is 0 Å². The van der Waals surface area contributed by atoms with Crippen LogP contribution >= 0.6 is 15.9 Å². The van der Waals surface area contributed by atoms with Gasteiger partial charge in [0, 0.05) is 6.07 Å². The lowest BCUT2D eigenvalue weighted by Crippen LogP contribution is -2.15. The second-order valence-corrected chi connectivity index (χ2v) is 4.66. The van der Waals surface area contributed by atoms with Crippen molar-refractivity contribution in [2.75, 3.05) is 5.32 Å². The van der Waals surface area contributed by atoms with Crippen molar-refractivity contribution in [3.05, 3.63) is 63.6 Å². The first-order valence-electron chi connectivity index (χ1n) is 5.30. The Morgan fingerprint density at radius 2 is 1.70 bits per heavy atom. The Balaban J connectivity index is 2.33. The highest BCUT2D eigenvalue weighted by Gasteiger charge is 2.17. The molecular weight excluding hydrogens is 342 g/mol. The topological polar surface area (TPSA) is 29.1 Å². The average Bonchev–Trinajstić information content (AvgIpc) is 2.39. The van der Waals surface area contributed by atoms with Gasteiger partial charge in [0.25, 0.3) is 5.91 Å². The van der Waals surface area contributed by atoms with Crippen LogP contribution in [0.2, 0.25) is 0 Å². The Morgan fingerprint density at radius 3 is 2.40 bits per heavy atom. The van der Waals surface area contributed by atoms with Gasteiger partial charge >= 0.3 is 0 Å². The predicted octanol–water partition coefficient (Wildman–Crippen LogP) is 4.26. The van der Waals surface area contributed by atoms with Gasteiger partial charge in [0.05, 0.1) is 15.7 Å². The van der Waals surface area contributed by atoms with E-state index in [1.54, 1.807) is 0 Å². The second kappa shape index (κ2) is 5.62. The molecule has 20 heavy (non-hydrogen) atoms. The zero-order valence-electron chi connectivity index (χ0n) is 9.68. The molecule has 2 aromatic rings. The second-order valence-electron chi connectivity index (χ2n) is 3.80. The molecule has 2 aromatic carbocycles. The minimum Gasteiger partial charge on any atom is -0.319 e. The van der Waals surface area contributed by atoms with E-state index in [0.29, 0.717) is 6.07 Å². The summed E-state index contributed by atoms with van der Waals surface area (Å²) < 4.78 is 52.8. The number of carbonyl (C=O) groups is 1. The van der Waals surface area contributed by atoms with Gasteiger partial charge in [0.2, 0.25) is 0 Å². The van der Waals surface area contributed by atoms with Crippen molar-refractivity contribution in [2.45, 2.75) is 0 Å². The maximum atomic E-state index is 13.4. The van der Waals surface area contributed by atoms with Crippen LogP contribution in [0.4, 0.5) is 23.2 Å². The monoisotopic (exact) mass is 347 g/mol. The van der Waals surface area contributed by atoms with Crippen molar-refractivity contribution in [1.82, 2.24) is 0 Å². The zero-order chi connectivity index (χ0) is 14.9. The zero-order valence-corrected chi connectivity index (χ0v) is 11.3. The summed E-state index contributed by atoms with van der Waals surface area (Å²) in [5.74, 6) is -5.46. The molecular formula is C13H6BrF4NO. The summed E-state index contributed by atoms with van der Waals surface area (Å²) in [5, 5.41) is 2.05. The van der Waals surface area contributed by atoms with Gasteiger partial charge in [-0.25, -0.2) is 17.6 Å². The highest BCUT2D eigenvalue weighted by Crippen LogP contribution is 2.24. The van der Waals surface area contributed by atoms with Crippen LogP contribution in [-0.4, -0.2) is 5.91 Å². The Bertz CT molecular complexity index is 690. The minimum atomic E-state index is -1.34. The number of benzene rings is 2. The smallest absolute Gasteiger partial charge is 0.258 e. The molecule has 0 aliphatic heterocycles. The van der Waals surface area contributed by atoms with Crippen LogP contribution in [-0.2, 0) is 0 Å². The van der Waals surface area contributed by atoms with E-state index in [2.05, 4.69) is 15.9 Å². The van der Waals surface area contributed by atoms with Crippen LogP contribution < -0.4 is 5.32 Å². The van der Waals surface area contributed by atoms with Gasteiger partial charge in [-0.3, -0.25) is 4.79 Å². The summed E-state index contributed by atoms with van der Waals surface area (Å²) in [5.41, 5.74) is -0.934. The van der Waals surface area contributed by atoms with Crippen LogP contribution in [0.1, 0.15) is 10.4 Å². The SMILES string of the molecule is O=C(Nc1cc(Br)c(F)cc1F)c1cccc(F)c1F. The summed E-state index contributed by atoms with van der Waals surface area (Å²) in [4.78, 5) is 11.7. The van der Waals surface area contributed by atoms with E-state index in [-0.39, 0.29) is 10.2 Å². The van der Waals surface area contributed by atoms with Gasteiger partial charge in [0.1, 0.15) is 11.6 Å². The highest BCUT2D eigenvalue weighted by atomic mass is 79.9. The minimum absolute atomic E-state index is 0.0751. The lowest BCUT2D eigenvalue weighted by molar-refractivity contribution is 0.102. The van der Waals surface area contributed by atoms with Crippen molar-refractivity contribution in [3.8, 4) is 0 Å². The van der Waals surface area contributed by atoms with Gasteiger partial charge < -0.3 is 5.32 Å². The van der Waals surface area contributed by atoms with E-state index in [1.165, 1.54) is 0 Å². The van der Waals surface area contributed by atoms with Gasteiger partial charge in [-0.15, -0.1) is 0 Å². The number of anilines is 1. The fraction of sp³-hybridized carbons (Fsp3) is 0. The Morgan fingerprint density at radius 1 is 1.00 bits per heavy atom. The third kappa shape index (κ3) is 2.82. The van der Waals surface area contributed by atoms with Crippen LogP contribution in [0.5, 0.6) is 0 Å². The molecule has 0 heterocycles. The Labute approximate surface area is 119 Å². The van der Waals surface area contributed by atoms with Crippen LogP contribution in [0.3, 0.4) is 0 Å². The van der Waals surface area contributed by atoms with Crippen molar-refractivity contribution in [3.63, 3.8) is 0 Å². The van der Waals surface area contributed by atoms with Crippen LogP contribution in [0, 0.1) is 23.3 Å². The largest absolute Gasteiger partial charge is 0.319 e. The van der Waals surface area contributed by atoms with Crippen molar-refractivity contribution in [2.24, 2.45) is 0 Å². The van der Waals surface area contributed by atoms with Crippen molar-refractivity contribution < 1.29 is 22.4 Å². The summed E-state index contributed by atoms with van der Waals surface area (Å²) in [6.07, 6.45) is 0. The molecule has 0 aliphatic rings. The third-order valence-electron chi connectivity index (χ3n) is 2.45. The lowest BCUT2D eigenvalue weighted by atomic mass is 10.2. The first-order valence-corrected chi connectivity index (χ1v) is 6.09. The standard InChI is InChI=1S/C13H6BrF4NO/c14-7-4-11(10(17)5-9(7)16)19-13(20)6-2-1-3-8(15)12(6)18/h1-5H,(H,19,20). The van der Waals surface area contributed by atoms with Gasteiger partial charge in [-0.05, 0) is 34.1 Å². The van der Waals surface area contributed by atoms with Crippen molar-refractivity contribution in [1.29, 1.82) is 0 Å². The molecule has 0 aliphatic carbocycles. The maximum absolute atomic E-state index is 13.4. The average molecular weight is 348 g/mol. The fourth-order valence-corrected chi connectivity index (χ4v) is 1.83. The van der Waals surface area contributed by atoms with Gasteiger partial charge in [-0.2, -0.15) is 0 Å². The molecule has 1 amide bonds. The van der Waals surface area contributed by atoms with E-state index < -0.39 is 34.7 Å². The number of rotatable bonds is 2. The molecule has 0 bridgehead atoms. The summed E-state index contributed by atoms with van der Waals surface area (Å²) in [6, 6.07) is 4.58. The summed E-state index contributed by atoms with van der Waals surface area (Å²) in [6.45, 7) is 0. The molecule has 0 atom stereocenters. The fourth-order valence-electron chi connectivity index (χ4n) is 1.49. The van der Waals surface area contributed by atoms with E-state index in [0.717, 1.165) is 24.3 Å². The van der Waals surface area contributed by atoms with Crippen molar-refractivity contribution >= 4 is 27.5 Å². The molecule has 0 aromatic heterocycles. The van der Waals surface area contributed by atoms with E-state index in [4.69, 9.17) is 0 Å². The third-order valence-corrected chi connectivity index (χ3v) is 3.06. The quantitative estimate of drug-likeness (QED) is 0.638. The number of hydrogen-bond acceptors (Lipinski definition) is 1. The Kier molecular flexibility index (Phi) is 4.08. The highest BCUT2D eigenvalue weighted by molar-refractivity contribution is 9.10. The Hall–Kier alpha value is -1.89.